The molecular weight excluding hydrogens is 580 g/mol. The number of thiazole rings is 1. The van der Waals surface area contributed by atoms with Crippen molar-refractivity contribution in [1.82, 2.24) is 4.57 Å². The summed E-state index contributed by atoms with van der Waals surface area (Å²) in [7, 11) is 1.88. The Morgan fingerprint density at radius 1 is 0.976 bits per heavy atom. The number of hydrogen-bond acceptors (Lipinski definition) is 8. The lowest BCUT2D eigenvalue weighted by molar-refractivity contribution is -0.141. The Labute approximate surface area is 248 Å². The van der Waals surface area contributed by atoms with Gasteiger partial charge in [0.1, 0.15) is 19.8 Å². The standard InChI is InChI=1S/C30H23ClN4O4S2/c1-3-39-24(36)17-21-25(27(37)35(32-21)20-12-8-5-9-13-20)29-34(19-10-6-4-7-11-19)28(38)26(41-29)30-33(2)22-16-18(31)14-15-23(22)40-30/h4-16H,3,17H2,1-2H3/b29-25+,30-26+. The molecule has 0 saturated heterocycles. The third-order valence-corrected chi connectivity index (χ3v) is 9.30. The molecule has 3 aromatic carbocycles. The molecule has 0 bridgehead atoms. The van der Waals surface area contributed by atoms with E-state index < -0.39 is 11.9 Å². The first-order valence-electron chi connectivity index (χ1n) is 12.8. The van der Waals surface area contributed by atoms with Gasteiger partial charge in [-0.2, -0.15) is 10.1 Å². The van der Waals surface area contributed by atoms with Crippen LogP contribution in [0.15, 0.2) is 93.7 Å². The number of anilines is 2. The van der Waals surface area contributed by atoms with Crippen LogP contribution >= 0.6 is 34.7 Å². The smallest absolute Gasteiger partial charge is 0.311 e. The molecule has 2 aliphatic rings. The van der Waals surface area contributed by atoms with Crippen LogP contribution in [0.4, 0.5) is 11.4 Å². The number of aromatic nitrogens is 1. The van der Waals surface area contributed by atoms with E-state index in [-0.39, 0.29) is 29.9 Å². The average Bonchev–Trinajstić information content (AvgIpc) is 3.59. The fourth-order valence-electron chi connectivity index (χ4n) is 4.69. The van der Waals surface area contributed by atoms with Crippen LogP contribution in [0.25, 0.3) is 16.3 Å². The predicted octanol–water partition coefficient (Wildman–Crippen LogP) is 4.37. The van der Waals surface area contributed by atoms with Gasteiger partial charge in [-0.1, -0.05) is 59.8 Å². The molecule has 0 atom stereocenters. The quantitative estimate of drug-likeness (QED) is 0.316. The minimum Gasteiger partial charge on any atom is -0.466 e. The van der Waals surface area contributed by atoms with E-state index in [9.17, 15) is 14.4 Å². The van der Waals surface area contributed by atoms with Gasteiger partial charge in [0.25, 0.3) is 11.5 Å². The van der Waals surface area contributed by atoms with Gasteiger partial charge in [-0.3, -0.25) is 19.0 Å². The maximum absolute atomic E-state index is 14.2. The van der Waals surface area contributed by atoms with Gasteiger partial charge >= 0.3 is 5.97 Å². The molecule has 1 aromatic heterocycles. The van der Waals surface area contributed by atoms with Gasteiger partial charge in [0.05, 0.1) is 35.8 Å². The SMILES string of the molecule is CCOC(=O)CC1=NN(c2ccccc2)C(=O)/C1=c1/s/c(=C2/Sc3ccc(Cl)cc3N2C)c(=O)n1-c1ccccc1. The molecule has 0 unspecified atom stereocenters. The van der Waals surface area contributed by atoms with E-state index in [1.54, 1.807) is 31.2 Å². The number of hydrogen-bond donors (Lipinski definition) is 0. The molecule has 1 amide bonds. The topological polar surface area (TPSA) is 84.2 Å². The summed E-state index contributed by atoms with van der Waals surface area (Å²) in [5.74, 6) is -0.940. The summed E-state index contributed by atoms with van der Waals surface area (Å²) in [4.78, 5) is 43.8. The number of amides is 1. The number of rotatable bonds is 5. The molecule has 4 aromatic rings. The van der Waals surface area contributed by atoms with E-state index >= 15 is 0 Å². The molecular formula is C30H23ClN4O4S2. The molecule has 0 N–H and O–H groups in total. The van der Waals surface area contributed by atoms with Crippen LogP contribution in [0.1, 0.15) is 13.3 Å². The highest BCUT2D eigenvalue weighted by Gasteiger charge is 2.35. The number of benzene rings is 3. The van der Waals surface area contributed by atoms with Crippen molar-refractivity contribution in [3.05, 3.63) is 103 Å². The monoisotopic (exact) mass is 602 g/mol. The fourth-order valence-corrected chi connectivity index (χ4v) is 7.35. The van der Waals surface area contributed by atoms with Crippen LogP contribution in [-0.4, -0.2) is 35.8 Å². The van der Waals surface area contributed by atoms with E-state index in [0.717, 1.165) is 15.6 Å². The zero-order valence-corrected chi connectivity index (χ0v) is 24.4. The summed E-state index contributed by atoms with van der Waals surface area (Å²) >= 11 is 8.93. The van der Waals surface area contributed by atoms with Crippen LogP contribution in [0.2, 0.25) is 5.02 Å². The number of carbonyl (C=O) groups is 2. The molecule has 6 rings (SSSR count). The molecule has 0 fully saturated rings. The summed E-state index contributed by atoms with van der Waals surface area (Å²) in [5, 5.41) is 7.15. The first kappa shape index (κ1) is 27.1. The number of para-hydroxylation sites is 2. The van der Waals surface area contributed by atoms with E-state index in [1.807, 2.05) is 66.5 Å². The van der Waals surface area contributed by atoms with Crippen molar-refractivity contribution in [3.63, 3.8) is 0 Å². The normalized spacial score (nSPS) is 17.1. The number of esters is 1. The number of carbonyl (C=O) groups excluding carboxylic acids is 2. The second-order valence-corrected chi connectivity index (χ2v) is 11.6. The number of thioether (sulfide) groups is 1. The van der Waals surface area contributed by atoms with Crippen molar-refractivity contribution < 1.29 is 14.3 Å². The van der Waals surface area contributed by atoms with Crippen LogP contribution in [-0.2, 0) is 14.3 Å². The highest BCUT2D eigenvalue weighted by molar-refractivity contribution is 8.08. The summed E-state index contributed by atoms with van der Waals surface area (Å²) in [6.45, 7) is 1.92. The van der Waals surface area contributed by atoms with Crippen molar-refractivity contribution >= 4 is 74.3 Å². The number of halogens is 1. The predicted molar refractivity (Wildman–Crippen MR) is 164 cm³/mol. The van der Waals surface area contributed by atoms with Crippen molar-refractivity contribution in [3.8, 4) is 5.69 Å². The van der Waals surface area contributed by atoms with Gasteiger partial charge in [0.2, 0.25) is 0 Å². The second-order valence-electron chi connectivity index (χ2n) is 9.15. The number of fused-ring (bicyclic) bond motifs is 1. The lowest BCUT2D eigenvalue weighted by atomic mass is 10.1. The van der Waals surface area contributed by atoms with E-state index in [1.165, 1.54) is 32.7 Å². The van der Waals surface area contributed by atoms with Crippen LogP contribution in [0, 0.1) is 0 Å². The van der Waals surface area contributed by atoms with E-state index in [4.69, 9.17) is 16.3 Å². The Morgan fingerprint density at radius 2 is 1.66 bits per heavy atom. The maximum atomic E-state index is 14.2. The highest BCUT2D eigenvalue weighted by Crippen LogP contribution is 2.46. The zero-order chi connectivity index (χ0) is 28.7. The number of nitrogens with zero attached hydrogens (tertiary/aromatic N) is 4. The van der Waals surface area contributed by atoms with Gasteiger partial charge in [-0.25, -0.2) is 0 Å². The highest BCUT2D eigenvalue weighted by atomic mass is 35.5. The Balaban J connectivity index is 1.64. The molecule has 0 radical (unpaired) electrons. The van der Waals surface area contributed by atoms with E-state index in [2.05, 4.69) is 5.10 Å². The molecule has 0 aliphatic carbocycles. The Kier molecular flexibility index (Phi) is 7.29. The van der Waals surface area contributed by atoms with Gasteiger partial charge in [0.15, 0.2) is 0 Å². The molecule has 0 saturated carbocycles. The van der Waals surface area contributed by atoms with Gasteiger partial charge in [0, 0.05) is 17.0 Å². The molecule has 8 nitrogen and oxygen atoms in total. The van der Waals surface area contributed by atoms with Crippen molar-refractivity contribution in [1.29, 1.82) is 0 Å². The third-order valence-electron chi connectivity index (χ3n) is 6.55. The fraction of sp³-hybridized carbons (Fsp3) is 0.133. The van der Waals surface area contributed by atoms with Crippen LogP contribution in [0.3, 0.4) is 0 Å². The lowest BCUT2D eigenvalue weighted by Gasteiger charge is -2.12. The second kappa shape index (κ2) is 11.0. The molecule has 41 heavy (non-hydrogen) atoms. The first-order valence-corrected chi connectivity index (χ1v) is 14.8. The molecule has 3 heterocycles. The summed E-state index contributed by atoms with van der Waals surface area (Å²) in [6, 6.07) is 23.7. The summed E-state index contributed by atoms with van der Waals surface area (Å²) < 4.78 is 7.57. The van der Waals surface area contributed by atoms with Crippen molar-refractivity contribution in [2.45, 2.75) is 18.2 Å². The van der Waals surface area contributed by atoms with Gasteiger partial charge < -0.3 is 9.64 Å². The minimum atomic E-state index is -0.510. The maximum Gasteiger partial charge on any atom is 0.311 e. The van der Waals surface area contributed by atoms with Crippen molar-refractivity contribution in [2.24, 2.45) is 5.10 Å². The lowest BCUT2D eigenvalue weighted by Crippen LogP contribution is -2.35. The zero-order valence-electron chi connectivity index (χ0n) is 22.0. The summed E-state index contributed by atoms with van der Waals surface area (Å²) in [5.41, 5.74) is 2.18. The molecule has 11 heteroatoms. The van der Waals surface area contributed by atoms with Crippen molar-refractivity contribution in [2.75, 3.05) is 23.6 Å². The molecule has 2 aliphatic heterocycles. The minimum absolute atomic E-state index is 0.186. The van der Waals surface area contributed by atoms with Crippen LogP contribution in [0.5, 0.6) is 0 Å². The number of ether oxygens (including phenoxy) is 1. The largest absolute Gasteiger partial charge is 0.466 e. The van der Waals surface area contributed by atoms with Gasteiger partial charge in [-0.05, 0) is 49.4 Å². The Morgan fingerprint density at radius 3 is 2.34 bits per heavy atom. The van der Waals surface area contributed by atoms with Gasteiger partial charge in [-0.15, -0.1) is 11.3 Å². The Hall–Kier alpha value is -4.12. The van der Waals surface area contributed by atoms with Crippen LogP contribution < -0.4 is 24.7 Å². The molecule has 206 valence electrons. The third kappa shape index (κ3) is 4.88. The Bertz CT molecular complexity index is 1900. The molecule has 0 spiro atoms. The average molecular weight is 603 g/mol. The van der Waals surface area contributed by atoms with E-state index in [0.29, 0.717) is 25.6 Å². The summed E-state index contributed by atoms with van der Waals surface area (Å²) in [6.07, 6.45) is -0.219. The first-order chi connectivity index (χ1) is 19.9. The number of hydrazone groups is 1.